The lowest BCUT2D eigenvalue weighted by Crippen LogP contribution is -2.41. The van der Waals surface area contributed by atoms with E-state index in [9.17, 15) is 9.59 Å². The molecule has 0 aliphatic carbocycles. The van der Waals surface area contributed by atoms with E-state index in [1.165, 1.54) is 0 Å². The highest BCUT2D eigenvalue weighted by Crippen LogP contribution is 2.35. The molecule has 0 aromatic carbocycles. The first-order valence-electron chi connectivity index (χ1n) is 7.34. The van der Waals surface area contributed by atoms with Gasteiger partial charge in [-0.1, -0.05) is 20.8 Å². The molecule has 1 aliphatic rings. The second kappa shape index (κ2) is 6.24. The van der Waals surface area contributed by atoms with Crippen molar-refractivity contribution in [3.63, 3.8) is 0 Å². The number of rotatable bonds is 4. The molecule has 0 radical (unpaired) electrons. The molecule has 2 N–H and O–H groups in total. The second-order valence-electron chi connectivity index (χ2n) is 6.59. The normalized spacial score (nSPS) is 22.0. The Morgan fingerprint density at radius 3 is 2.67 bits per heavy atom. The summed E-state index contributed by atoms with van der Waals surface area (Å²) in [5, 5.41) is 5.69. The van der Waals surface area contributed by atoms with Gasteiger partial charge in [0, 0.05) is 31.4 Å². The summed E-state index contributed by atoms with van der Waals surface area (Å²) in [6.45, 7) is 7.30. The van der Waals surface area contributed by atoms with Crippen molar-refractivity contribution in [1.82, 2.24) is 15.6 Å². The monoisotopic (exact) mass is 289 g/mol. The molecule has 0 bridgehead atoms. The Morgan fingerprint density at radius 2 is 2.05 bits per heavy atom. The van der Waals surface area contributed by atoms with Crippen LogP contribution >= 0.6 is 0 Å². The number of pyridine rings is 1. The van der Waals surface area contributed by atoms with Crippen LogP contribution < -0.4 is 10.6 Å². The maximum Gasteiger partial charge on any atom is 0.232 e. The summed E-state index contributed by atoms with van der Waals surface area (Å²) in [5.74, 6) is -0.872. The van der Waals surface area contributed by atoms with Crippen molar-refractivity contribution in [1.29, 1.82) is 0 Å². The third-order valence-electron chi connectivity index (χ3n) is 4.04. The van der Waals surface area contributed by atoms with E-state index in [4.69, 9.17) is 0 Å². The lowest BCUT2D eigenvalue weighted by molar-refractivity contribution is -0.135. The van der Waals surface area contributed by atoms with E-state index in [1.807, 2.05) is 12.1 Å². The fourth-order valence-corrected chi connectivity index (χ4v) is 2.72. The van der Waals surface area contributed by atoms with Crippen LogP contribution in [0.1, 0.15) is 26.3 Å². The Labute approximate surface area is 125 Å². The molecule has 2 heterocycles. The third kappa shape index (κ3) is 3.80. The molecule has 5 nitrogen and oxygen atoms in total. The number of carbonyl (C=O) groups excluding carboxylic acids is 2. The summed E-state index contributed by atoms with van der Waals surface area (Å²) in [7, 11) is 0. The van der Waals surface area contributed by atoms with Crippen LogP contribution in [0.3, 0.4) is 0 Å². The largest absolute Gasteiger partial charge is 0.355 e. The van der Waals surface area contributed by atoms with E-state index >= 15 is 0 Å². The highest BCUT2D eigenvalue weighted by Gasteiger charge is 2.45. The minimum atomic E-state index is -0.581. The molecule has 2 amide bonds. The summed E-state index contributed by atoms with van der Waals surface area (Å²) >= 11 is 0. The Morgan fingerprint density at radius 1 is 1.38 bits per heavy atom. The van der Waals surface area contributed by atoms with Gasteiger partial charge in [0.2, 0.25) is 11.8 Å². The Hall–Kier alpha value is -1.91. The van der Waals surface area contributed by atoms with Gasteiger partial charge in [0.05, 0.1) is 0 Å². The lowest BCUT2D eigenvalue weighted by Gasteiger charge is -2.29. The first-order valence-corrected chi connectivity index (χ1v) is 7.34. The predicted molar refractivity (Wildman–Crippen MR) is 80.4 cm³/mol. The number of amides is 2. The van der Waals surface area contributed by atoms with E-state index in [1.54, 1.807) is 12.4 Å². The lowest BCUT2D eigenvalue weighted by atomic mass is 9.74. The molecule has 1 aromatic heterocycles. The van der Waals surface area contributed by atoms with Gasteiger partial charge in [-0.3, -0.25) is 14.6 Å². The number of aromatic nitrogens is 1. The van der Waals surface area contributed by atoms with Gasteiger partial charge < -0.3 is 10.6 Å². The van der Waals surface area contributed by atoms with E-state index in [-0.39, 0.29) is 23.1 Å². The van der Waals surface area contributed by atoms with Crippen molar-refractivity contribution in [2.75, 3.05) is 13.1 Å². The molecule has 114 valence electrons. The minimum Gasteiger partial charge on any atom is -0.355 e. The smallest absolute Gasteiger partial charge is 0.232 e. The number of hydrogen-bond donors (Lipinski definition) is 2. The van der Waals surface area contributed by atoms with Crippen LogP contribution in [0.25, 0.3) is 0 Å². The highest BCUT2D eigenvalue weighted by atomic mass is 16.2. The average molecular weight is 289 g/mol. The summed E-state index contributed by atoms with van der Waals surface area (Å²) in [5.41, 5.74) is 1.04. The van der Waals surface area contributed by atoms with Crippen molar-refractivity contribution >= 4 is 11.8 Å². The van der Waals surface area contributed by atoms with E-state index in [2.05, 4.69) is 36.4 Å². The highest BCUT2D eigenvalue weighted by molar-refractivity contribution is 6.02. The van der Waals surface area contributed by atoms with E-state index < -0.39 is 5.92 Å². The van der Waals surface area contributed by atoms with Crippen molar-refractivity contribution in [3.05, 3.63) is 30.1 Å². The van der Waals surface area contributed by atoms with Crippen LogP contribution in [0.4, 0.5) is 0 Å². The molecule has 5 heteroatoms. The van der Waals surface area contributed by atoms with Crippen LogP contribution in [0.5, 0.6) is 0 Å². The van der Waals surface area contributed by atoms with Gasteiger partial charge in [-0.25, -0.2) is 0 Å². The Bertz CT molecular complexity index is 508. The molecular weight excluding hydrogens is 266 g/mol. The fourth-order valence-electron chi connectivity index (χ4n) is 2.72. The van der Waals surface area contributed by atoms with Gasteiger partial charge in [0.15, 0.2) is 0 Å². The summed E-state index contributed by atoms with van der Waals surface area (Å²) in [6.07, 6.45) is 4.21. The average Bonchev–Trinajstić information content (AvgIpc) is 2.82. The molecule has 0 unspecified atom stereocenters. The molecular formula is C16H23N3O2. The Kier molecular flexibility index (Phi) is 4.60. The Balaban J connectivity index is 1.91. The number of nitrogens with one attached hydrogen (secondary N) is 2. The molecule has 1 saturated heterocycles. The van der Waals surface area contributed by atoms with E-state index in [0.717, 1.165) is 12.0 Å². The number of hydrogen-bond acceptors (Lipinski definition) is 3. The SMILES string of the molecule is CC(C)(C)[C@@H]1CNC(=O)[C@@H]1C(=O)NCCc1ccncc1. The molecule has 2 atom stereocenters. The quantitative estimate of drug-likeness (QED) is 0.817. The standard InChI is InChI=1S/C16H23N3O2/c1-16(2,3)12-10-19-15(21)13(12)14(20)18-9-6-11-4-7-17-8-5-11/h4-5,7-8,12-13H,6,9-10H2,1-3H3,(H,18,20)(H,19,21)/t12-,13+/m1/s1. The minimum absolute atomic E-state index is 0.0333. The first-order chi connectivity index (χ1) is 9.89. The zero-order valence-corrected chi connectivity index (χ0v) is 12.8. The van der Waals surface area contributed by atoms with Gasteiger partial charge in [-0.2, -0.15) is 0 Å². The van der Waals surface area contributed by atoms with Crippen molar-refractivity contribution < 1.29 is 9.59 Å². The van der Waals surface area contributed by atoms with Crippen molar-refractivity contribution in [2.45, 2.75) is 27.2 Å². The molecule has 0 saturated carbocycles. The second-order valence-corrected chi connectivity index (χ2v) is 6.59. The fraction of sp³-hybridized carbons (Fsp3) is 0.562. The topological polar surface area (TPSA) is 71.1 Å². The summed E-state index contributed by atoms with van der Waals surface area (Å²) < 4.78 is 0. The van der Waals surface area contributed by atoms with Crippen LogP contribution in [0.15, 0.2) is 24.5 Å². The predicted octanol–water partition coefficient (Wildman–Crippen LogP) is 1.15. The van der Waals surface area contributed by atoms with Crippen LogP contribution in [-0.2, 0) is 16.0 Å². The zero-order chi connectivity index (χ0) is 15.5. The number of nitrogens with zero attached hydrogens (tertiary/aromatic N) is 1. The van der Waals surface area contributed by atoms with Gasteiger partial charge in [-0.15, -0.1) is 0 Å². The van der Waals surface area contributed by atoms with Gasteiger partial charge in [0.25, 0.3) is 0 Å². The van der Waals surface area contributed by atoms with Crippen molar-refractivity contribution in [2.24, 2.45) is 17.3 Å². The molecule has 1 aliphatic heterocycles. The molecule has 2 rings (SSSR count). The van der Waals surface area contributed by atoms with Gasteiger partial charge in [-0.05, 0) is 29.5 Å². The maximum atomic E-state index is 12.3. The maximum absolute atomic E-state index is 12.3. The molecule has 1 fully saturated rings. The zero-order valence-electron chi connectivity index (χ0n) is 12.8. The first kappa shape index (κ1) is 15.5. The van der Waals surface area contributed by atoms with E-state index in [0.29, 0.717) is 13.1 Å². The van der Waals surface area contributed by atoms with Crippen molar-refractivity contribution in [3.8, 4) is 0 Å². The van der Waals surface area contributed by atoms with Crippen LogP contribution in [0.2, 0.25) is 0 Å². The molecule has 0 spiro atoms. The van der Waals surface area contributed by atoms with Gasteiger partial charge >= 0.3 is 0 Å². The molecule has 1 aromatic rings. The summed E-state index contributed by atoms with van der Waals surface area (Å²) in [4.78, 5) is 28.2. The molecule has 21 heavy (non-hydrogen) atoms. The van der Waals surface area contributed by atoms with Crippen LogP contribution in [-0.4, -0.2) is 29.9 Å². The van der Waals surface area contributed by atoms with Gasteiger partial charge in [0.1, 0.15) is 5.92 Å². The third-order valence-corrected chi connectivity index (χ3v) is 4.04. The number of carbonyl (C=O) groups is 2. The summed E-state index contributed by atoms with van der Waals surface area (Å²) in [6, 6.07) is 3.85. The van der Waals surface area contributed by atoms with Crippen LogP contribution in [0, 0.1) is 17.3 Å².